The molecule has 0 radical (unpaired) electrons. The molecular weight excluding hydrogens is 294 g/mol. The van der Waals surface area contributed by atoms with E-state index in [2.05, 4.69) is 15.3 Å². The number of rotatable bonds is 5. The molecule has 1 atom stereocenters. The standard InChI is InChI=1S/C14H12ClN3O3/c15-10-4-2-1-3-9(10)11(7-13(19)20)18-14(21)12-8-16-5-6-17-12/h1-6,8,11H,7H2,(H,18,21)(H,19,20)/t11-/m1/s1. The van der Waals surface area contributed by atoms with E-state index in [-0.39, 0.29) is 12.1 Å². The maximum absolute atomic E-state index is 12.1. The monoisotopic (exact) mass is 305 g/mol. The number of aliphatic carboxylic acids is 1. The fraction of sp³-hybridized carbons (Fsp3) is 0.143. The van der Waals surface area contributed by atoms with E-state index in [4.69, 9.17) is 16.7 Å². The maximum atomic E-state index is 12.1. The molecule has 0 bridgehead atoms. The molecule has 0 unspecified atom stereocenters. The number of carbonyl (C=O) groups excluding carboxylic acids is 1. The van der Waals surface area contributed by atoms with Gasteiger partial charge in [-0.05, 0) is 11.6 Å². The van der Waals surface area contributed by atoms with E-state index >= 15 is 0 Å². The van der Waals surface area contributed by atoms with Gasteiger partial charge in [0.2, 0.25) is 0 Å². The zero-order valence-electron chi connectivity index (χ0n) is 10.9. The third kappa shape index (κ3) is 4.00. The SMILES string of the molecule is O=C(O)C[C@@H](NC(=O)c1cnccn1)c1ccccc1Cl. The van der Waals surface area contributed by atoms with Crippen LogP contribution >= 0.6 is 11.6 Å². The second-order valence-corrected chi connectivity index (χ2v) is 4.64. The lowest BCUT2D eigenvalue weighted by Crippen LogP contribution is -2.31. The van der Waals surface area contributed by atoms with E-state index in [0.717, 1.165) is 0 Å². The van der Waals surface area contributed by atoms with Gasteiger partial charge in [0.15, 0.2) is 0 Å². The highest BCUT2D eigenvalue weighted by Gasteiger charge is 2.21. The van der Waals surface area contributed by atoms with Crippen molar-refractivity contribution in [1.82, 2.24) is 15.3 Å². The number of nitrogens with one attached hydrogen (secondary N) is 1. The second-order valence-electron chi connectivity index (χ2n) is 4.24. The van der Waals surface area contributed by atoms with Crippen molar-refractivity contribution < 1.29 is 14.7 Å². The van der Waals surface area contributed by atoms with Crippen LogP contribution in [0.1, 0.15) is 28.5 Å². The van der Waals surface area contributed by atoms with Crippen LogP contribution in [0.2, 0.25) is 5.02 Å². The fourth-order valence-electron chi connectivity index (χ4n) is 1.82. The smallest absolute Gasteiger partial charge is 0.305 e. The second kappa shape index (κ2) is 6.81. The van der Waals surface area contributed by atoms with E-state index in [1.54, 1.807) is 24.3 Å². The van der Waals surface area contributed by atoms with Crippen LogP contribution in [0.25, 0.3) is 0 Å². The highest BCUT2D eigenvalue weighted by atomic mass is 35.5. The Morgan fingerprint density at radius 3 is 2.67 bits per heavy atom. The lowest BCUT2D eigenvalue weighted by molar-refractivity contribution is -0.137. The molecule has 0 saturated heterocycles. The Kier molecular flexibility index (Phi) is 4.84. The minimum absolute atomic E-state index is 0.111. The number of hydrogen-bond acceptors (Lipinski definition) is 4. The predicted octanol–water partition coefficient (Wildman–Crippen LogP) is 2.08. The number of aromatic nitrogens is 2. The Hall–Kier alpha value is -2.47. The molecule has 2 aromatic rings. The summed E-state index contributed by atoms with van der Waals surface area (Å²) in [5.41, 5.74) is 0.652. The summed E-state index contributed by atoms with van der Waals surface area (Å²) in [5.74, 6) is -1.55. The summed E-state index contributed by atoms with van der Waals surface area (Å²) in [6.07, 6.45) is 3.85. The van der Waals surface area contributed by atoms with E-state index in [1.165, 1.54) is 18.6 Å². The largest absolute Gasteiger partial charge is 0.481 e. The highest BCUT2D eigenvalue weighted by molar-refractivity contribution is 6.31. The average molecular weight is 306 g/mol. The summed E-state index contributed by atoms with van der Waals surface area (Å²) in [6, 6.07) is 6.02. The van der Waals surface area contributed by atoms with E-state index in [9.17, 15) is 9.59 Å². The zero-order chi connectivity index (χ0) is 15.2. The lowest BCUT2D eigenvalue weighted by Gasteiger charge is -2.18. The van der Waals surface area contributed by atoms with Crippen molar-refractivity contribution in [2.75, 3.05) is 0 Å². The molecule has 1 amide bonds. The zero-order valence-corrected chi connectivity index (χ0v) is 11.6. The Labute approximate surface area is 125 Å². The molecule has 0 fully saturated rings. The van der Waals surface area contributed by atoms with Crippen LogP contribution in [0.3, 0.4) is 0 Å². The van der Waals surface area contributed by atoms with Gasteiger partial charge in [0.05, 0.1) is 18.7 Å². The van der Waals surface area contributed by atoms with Crippen LogP contribution in [-0.4, -0.2) is 27.0 Å². The molecule has 1 aromatic heterocycles. The van der Waals surface area contributed by atoms with Gasteiger partial charge in [-0.15, -0.1) is 0 Å². The first kappa shape index (κ1) is 14.9. The van der Waals surface area contributed by atoms with Crippen molar-refractivity contribution in [3.05, 3.63) is 59.1 Å². The topological polar surface area (TPSA) is 92.2 Å². The van der Waals surface area contributed by atoms with E-state index < -0.39 is 17.9 Å². The molecule has 108 valence electrons. The first-order chi connectivity index (χ1) is 10.1. The van der Waals surface area contributed by atoms with Gasteiger partial charge in [0, 0.05) is 17.4 Å². The number of carboxylic acid groups (broad SMARTS) is 1. The quantitative estimate of drug-likeness (QED) is 0.882. The number of nitrogens with zero attached hydrogens (tertiary/aromatic N) is 2. The molecule has 0 saturated carbocycles. The van der Waals surface area contributed by atoms with Crippen molar-refractivity contribution in [3.63, 3.8) is 0 Å². The normalized spacial score (nSPS) is 11.7. The first-order valence-corrected chi connectivity index (χ1v) is 6.49. The molecule has 0 aliphatic heterocycles. The van der Waals surface area contributed by atoms with Gasteiger partial charge in [-0.25, -0.2) is 4.98 Å². The molecule has 0 spiro atoms. The minimum atomic E-state index is -1.04. The van der Waals surface area contributed by atoms with E-state index in [1.807, 2.05) is 0 Å². The highest BCUT2D eigenvalue weighted by Crippen LogP contribution is 2.25. The molecule has 6 nitrogen and oxygen atoms in total. The predicted molar refractivity (Wildman–Crippen MR) is 75.9 cm³/mol. The number of carboxylic acids is 1. The third-order valence-electron chi connectivity index (χ3n) is 2.76. The molecule has 1 aromatic carbocycles. The fourth-order valence-corrected chi connectivity index (χ4v) is 2.09. The van der Waals surface area contributed by atoms with Crippen molar-refractivity contribution in [2.45, 2.75) is 12.5 Å². The van der Waals surface area contributed by atoms with E-state index in [0.29, 0.717) is 10.6 Å². The average Bonchev–Trinajstić information content (AvgIpc) is 2.47. The van der Waals surface area contributed by atoms with Crippen LogP contribution < -0.4 is 5.32 Å². The van der Waals surface area contributed by atoms with Gasteiger partial charge < -0.3 is 10.4 Å². The Morgan fingerprint density at radius 1 is 1.29 bits per heavy atom. The Balaban J connectivity index is 2.23. The van der Waals surface area contributed by atoms with Gasteiger partial charge in [-0.2, -0.15) is 0 Å². The van der Waals surface area contributed by atoms with Crippen LogP contribution in [0.4, 0.5) is 0 Å². The summed E-state index contributed by atoms with van der Waals surface area (Å²) in [7, 11) is 0. The summed E-state index contributed by atoms with van der Waals surface area (Å²) in [6.45, 7) is 0. The van der Waals surface area contributed by atoms with Crippen molar-refractivity contribution in [3.8, 4) is 0 Å². The number of halogens is 1. The lowest BCUT2D eigenvalue weighted by atomic mass is 10.0. The van der Waals surface area contributed by atoms with Crippen LogP contribution in [0.15, 0.2) is 42.9 Å². The summed E-state index contributed by atoms with van der Waals surface area (Å²) in [5, 5.41) is 12.0. The number of amides is 1. The van der Waals surface area contributed by atoms with Crippen molar-refractivity contribution >= 4 is 23.5 Å². The minimum Gasteiger partial charge on any atom is -0.481 e. The first-order valence-electron chi connectivity index (χ1n) is 6.11. The summed E-state index contributed by atoms with van der Waals surface area (Å²) in [4.78, 5) is 30.7. The van der Waals surface area contributed by atoms with Crippen molar-refractivity contribution in [1.29, 1.82) is 0 Å². The molecular formula is C14H12ClN3O3. The Morgan fingerprint density at radius 2 is 2.05 bits per heavy atom. The number of benzene rings is 1. The van der Waals surface area contributed by atoms with Crippen molar-refractivity contribution in [2.24, 2.45) is 0 Å². The Bertz CT molecular complexity index is 649. The molecule has 7 heteroatoms. The van der Waals surface area contributed by atoms with Crippen LogP contribution in [0, 0.1) is 0 Å². The van der Waals surface area contributed by atoms with Crippen LogP contribution in [0.5, 0.6) is 0 Å². The third-order valence-corrected chi connectivity index (χ3v) is 3.10. The molecule has 0 aliphatic carbocycles. The molecule has 2 N–H and O–H groups in total. The molecule has 21 heavy (non-hydrogen) atoms. The molecule has 2 rings (SSSR count). The van der Waals surface area contributed by atoms with Gasteiger partial charge in [0.25, 0.3) is 5.91 Å². The number of carbonyl (C=O) groups is 2. The van der Waals surface area contributed by atoms with Gasteiger partial charge in [-0.1, -0.05) is 29.8 Å². The summed E-state index contributed by atoms with van der Waals surface area (Å²) >= 11 is 6.06. The van der Waals surface area contributed by atoms with Gasteiger partial charge in [-0.3, -0.25) is 14.6 Å². The van der Waals surface area contributed by atoms with Gasteiger partial charge >= 0.3 is 5.97 Å². The molecule has 0 aliphatic rings. The summed E-state index contributed by atoms with van der Waals surface area (Å²) < 4.78 is 0. The maximum Gasteiger partial charge on any atom is 0.305 e. The molecule has 1 heterocycles. The number of hydrogen-bond donors (Lipinski definition) is 2. The van der Waals surface area contributed by atoms with Crippen LogP contribution in [-0.2, 0) is 4.79 Å². The van der Waals surface area contributed by atoms with Gasteiger partial charge in [0.1, 0.15) is 5.69 Å².